The van der Waals surface area contributed by atoms with E-state index in [4.69, 9.17) is 5.73 Å². The maximum atomic E-state index is 12.4. The van der Waals surface area contributed by atoms with Crippen molar-refractivity contribution in [3.05, 3.63) is 11.6 Å². The molecule has 0 aromatic carbocycles. The van der Waals surface area contributed by atoms with E-state index in [0.29, 0.717) is 19.6 Å². The van der Waals surface area contributed by atoms with E-state index in [0.717, 1.165) is 31.6 Å². The largest absolute Gasteiger partial charge is 0.369 e. The van der Waals surface area contributed by atoms with Gasteiger partial charge in [0.2, 0.25) is 11.7 Å². The number of carbonyl (C=O) groups excluding carboxylic acids is 2. The lowest BCUT2D eigenvalue weighted by Crippen LogP contribution is -2.38. The van der Waals surface area contributed by atoms with Gasteiger partial charge in [-0.3, -0.25) is 19.6 Å². The van der Waals surface area contributed by atoms with Gasteiger partial charge in [0.1, 0.15) is 5.82 Å². The fourth-order valence-electron chi connectivity index (χ4n) is 2.43. The number of rotatable bonds is 5. The Balaban J connectivity index is 1.94. The molecule has 0 bridgehead atoms. The van der Waals surface area contributed by atoms with Crippen LogP contribution < -0.4 is 5.73 Å². The molecule has 0 saturated carbocycles. The van der Waals surface area contributed by atoms with Crippen LogP contribution in [0.15, 0.2) is 0 Å². The molecule has 2 rings (SSSR count). The molecule has 0 atom stereocenters. The van der Waals surface area contributed by atoms with Gasteiger partial charge in [0.15, 0.2) is 0 Å². The number of hydrogen-bond acceptors (Lipinski definition) is 5. The first kappa shape index (κ1) is 15.4. The molecule has 3 N–H and O–H groups in total. The number of amides is 2. The molecule has 0 unspecified atom stereocenters. The molecule has 116 valence electrons. The molecule has 0 spiro atoms. The highest BCUT2D eigenvalue weighted by Gasteiger charge is 2.23. The third-order valence-corrected chi connectivity index (χ3v) is 3.46. The highest BCUT2D eigenvalue weighted by molar-refractivity contribution is 5.90. The van der Waals surface area contributed by atoms with Crippen LogP contribution in [0.5, 0.6) is 0 Å². The second-order valence-corrected chi connectivity index (χ2v) is 5.24. The Labute approximate surface area is 123 Å². The summed E-state index contributed by atoms with van der Waals surface area (Å²) in [6.07, 6.45) is 2.55. The Bertz CT molecular complexity index is 501. The maximum Gasteiger partial charge on any atom is 0.293 e. The van der Waals surface area contributed by atoms with Gasteiger partial charge in [-0.15, -0.1) is 5.10 Å². The summed E-state index contributed by atoms with van der Waals surface area (Å²) in [6.45, 7) is 4.90. The first-order chi connectivity index (χ1) is 10.1. The monoisotopic (exact) mass is 294 g/mol. The number of nitrogens with one attached hydrogen (secondary N) is 1. The third-order valence-electron chi connectivity index (χ3n) is 3.46. The summed E-state index contributed by atoms with van der Waals surface area (Å²) in [5.41, 5.74) is 5.21. The molecule has 1 aliphatic heterocycles. The number of aromatic amines is 1. The third kappa shape index (κ3) is 4.25. The van der Waals surface area contributed by atoms with Crippen LogP contribution in [0.4, 0.5) is 0 Å². The van der Waals surface area contributed by atoms with Crippen LogP contribution in [-0.4, -0.2) is 69.5 Å². The number of carbonyl (C=O) groups is 2. The summed E-state index contributed by atoms with van der Waals surface area (Å²) >= 11 is 0. The summed E-state index contributed by atoms with van der Waals surface area (Å²) < 4.78 is 0. The van der Waals surface area contributed by atoms with Gasteiger partial charge in [0.05, 0.1) is 6.54 Å². The van der Waals surface area contributed by atoms with Crippen molar-refractivity contribution in [2.45, 2.75) is 26.2 Å². The van der Waals surface area contributed by atoms with Crippen molar-refractivity contribution in [2.24, 2.45) is 5.73 Å². The number of H-pyrrole nitrogens is 1. The molecule has 2 heterocycles. The summed E-state index contributed by atoms with van der Waals surface area (Å²) in [6, 6.07) is 0. The molecule has 1 aliphatic rings. The van der Waals surface area contributed by atoms with Crippen molar-refractivity contribution in [1.82, 2.24) is 25.0 Å². The minimum atomic E-state index is -0.340. The van der Waals surface area contributed by atoms with Crippen LogP contribution in [0.1, 0.15) is 36.2 Å². The zero-order chi connectivity index (χ0) is 15.2. The average Bonchev–Trinajstić information content (AvgIpc) is 2.78. The first-order valence-electron chi connectivity index (χ1n) is 7.31. The summed E-state index contributed by atoms with van der Waals surface area (Å²) in [5.74, 6) is 0.468. The van der Waals surface area contributed by atoms with E-state index in [1.165, 1.54) is 0 Å². The quantitative estimate of drug-likeness (QED) is 0.753. The molecule has 1 aromatic rings. The van der Waals surface area contributed by atoms with Crippen molar-refractivity contribution in [3.63, 3.8) is 0 Å². The van der Waals surface area contributed by atoms with Crippen molar-refractivity contribution >= 4 is 11.8 Å². The predicted molar refractivity (Wildman–Crippen MR) is 76.5 cm³/mol. The Morgan fingerprint density at radius 1 is 1.29 bits per heavy atom. The molecule has 1 saturated heterocycles. The van der Waals surface area contributed by atoms with Gasteiger partial charge in [-0.1, -0.05) is 6.92 Å². The Kier molecular flexibility index (Phi) is 5.26. The van der Waals surface area contributed by atoms with Gasteiger partial charge in [0, 0.05) is 32.6 Å². The van der Waals surface area contributed by atoms with E-state index >= 15 is 0 Å². The van der Waals surface area contributed by atoms with Crippen LogP contribution in [-0.2, 0) is 11.2 Å². The molecule has 0 aliphatic carbocycles. The van der Waals surface area contributed by atoms with Gasteiger partial charge in [-0.05, 0) is 12.8 Å². The van der Waals surface area contributed by atoms with Crippen LogP contribution in [0, 0.1) is 0 Å². The summed E-state index contributed by atoms with van der Waals surface area (Å²) in [7, 11) is 0. The standard InChI is InChI=1S/C13H22N6O2/c1-2-4-11-15-12(17-16-11)13(21)19-6-3-5-18(7-8-19)9-10(14)20/h2-9H2,1H3,(H2,14,20)(H,15,16,17). The van der Waals surface area contributed by atoms with E-state index in [9.17, 15) is 9.59 Å². The Morgan fingerprint density at radius 2 is 2.10 bits per heavy atom. The number of aromatic nitrogens is 3. The van der Waals surface area contributed by atoms with Crippen LogP contribution in [0.2, 0.25) is 0 Å². The lowest BCUT2D eigenvalue weighted by atomic mass is 10.3. The van der Waals surface area contributed by atoms with Crippen molar-refractivity contribution in [3.8, 4) is 0 Å². The van der Waals surface area contributed by atoms with Gasteiger partial charge in [0.25, 0.3) is 5.91 Å². The number of nitrogens with zero attached hydrogens (tertiary/aromatic N) is 4. The molecular weight excluding hydrogens is 272 g/mol. The van der Waals surface area contributed by atoms with E-state index in [1.807, 2.05) is 11.8 Å². The molecule has 8 nitrogen and oxygen atoms in total. The number of primary amides is 1. The first-order valence-corrected chi connectivity index (χ1v) is 7.31. The molecule has 21 heavy (non-hydrogen) atoms. The molecule has 8 heteroatoms. The topological polar surface area (TPSA) is 108 Å². The number of nitrogens with two attached hydrogens (primary N) is 1. The highest BCUT2D eigenvalue weighted by Crippen LogP contribution is 2.07. The van der Waals surface area contributed by atoms with E-state index in [1.54, 1.807) is 4.90 Å². The molecule has 2 amide bonds. The van der Waals surface area contributed by atoms with E-state index in [2.05, 4.69) is 15.2 Å². The zero-order valence-electron chi connectivity index (χ0n) is 12.3. The van der Waals surface area contributed by atoms with Gasteiger partial charge < -0.3 is 10.6 Å². The van der Waals surface area contributed by atoms with Crippen molar-refractivity contribution in [1.29, 1.82) is 0 Å². The van der Waals surface area contributed by atoms with Crippen LogP contribution in [0.25, 0.3) is 0 Å². The second kappa shape index (κ2) is 7.16. The van der Waals surface area contributed by atoms with Crippen molar-refractivity contribution in [2.75, 3.05) is 32.7 Å². The van der Waals surface area contributed by atoms with E-state index < -0.39 is 0 Å². The van der Waals surface area contributed by atoms with Gasteiger partial charge >= 0.3 is 0 Å². The van der Waals surface area contributed by atoms with Gasteiger partial charge in [-0.25, -0.2) is 4.98 Å². The predicted octanol–water partition coefficient (Wildman–Crippen LogP) is -0.610. The normalized spacial score (nSPS) is 16.7. The minimum Gasteiger partial charge on any atom is -0.369 e. The molecular formula is C13H22N6O2. The van der Waals surface area contributed by atoms with Crippen LogP contribution >= 0.6 is 0 Å². The average molecular weight is 294 g/mol. The Morgan fingerprint density at radius 3 is 2.81 bits per heavy atom. The molecule has 0 radical (unpaired) electrons. The van der Waals surface area contributed by atoms with Crippen molar-refractivity contribution < 1.29 is 9.59 Å². The highest BCUT2D eigenvalue weighted by atomic mass is 16.2. The Hall–Kier alpha value is -1.96. The van der Waals surface area contributed by atoms with Crippen LogP contribution in [0.3, 0.4) is 0 Å². The SMILES string of the molecule is CCCc1nc(C(=O)N2CCCN(CC(N)=O)CC2)n[nH]1. The maximum absolute atomic E-state index is 12.4. The minimum absolute atomic E-state index is 0.158. The number of hydrogen-bond donors (Lipinski definition) is 2. The molecule has 1 fully saturated rings. The second-order valence-electron chi connectivity index (χ2n) is 5.24. The number of aryl methyl sites for hydroxylation is 1. The van der Waals surface area contributed by atoms with Gasteiger partial charge in [-0.2, -0.15) is 0 Å². The lowest BCUT2D eigenvalue weighted by molar-refractivity contribution is -0.119. The fraction of sp³-hybridized carbons (Fsp3) is 0.692. The zero-order valence-corrected chi connectivity index (χ0v) is 12.3. The smallest absolute Gasteiger partial charge is 0.293 e. The fourth-order valence-corrected chi connectivity index (χ4v) is 2.43. The lowest BCUT2D eigenvalue weighted by Gasteiger charge is -2.19. The van der Waals surface area contributed by atoms with E-state index in [-0.39, 0.29) is 24.2 Å². The summed E-state index contributed by atoms with van der Waals surface area (Å²) in [5, 5.41) is 6.79. The summed E-state index contributed by atoms with van der Waals surface area (Å²) in [4.78, 5) is 31.3. The molecule has 1 aromatic heterocycles.